The molecule has 0 aliphatic carbocycles. The lowest BCUT2D eigenvalue weighted by Gasteiger charge is -2.12. The van der Waals surface area contributed by atoms with Crippen molar-refractivity contribution in [1.29, 1.82) is 0 Å². The molecule has 2 aromatic rings. The number of halogens is 2. The SMILES string of the molecule is CN=C(NCCC(=O)Nc1cc(Br)ccc1C)NCc1ncc(C)s1.I. The van der Waals surface area contributed by atoms with Gasteiger partial charge in [-0.2, -0.15) is 0 Å². The zero-order valence-corrected chi connectivity index (χ0v) is 19.7. The molecule has 0 saturated carbocycles. The summed E-state index contributed by atoms with van der Waals surface area (Å²) in [6.07, 6.45) is 2.20. The van der Waals surface area contributed by atoms with Crippen molar-refractivity contribution in [3.05, 3.63) is 44.3 Å². The van der Waals surface area contributed by atoms with Crippen LogP contribution in [0.4, 0.5) is 5.69 Å². The van der Waals surface area contributed by atoms with Gasteiger partial charge in [0.25, 0.3) is 0 Å². The second-order valence-corrected chi connectivity index (χ2v) is 7.71. The largest absolute Gasteiger partial charge is 0.356 e. The summed E-state index contributed by atoms with van der Waals surface area (Å²) in [6, 6.07) is 5.81. The fourth-order valence-electron chi connectivity index (χ4n) is 2.10. The van der Waals surface area contributed by atoms with E-state index in [0.29, 0.717) is 25.5 Å². The molecule has 26 heavy (non-hydrogen) atoms. The fraction of sp³-hybridized carbons (Fsp3) is 0.353. The first kappa shape index (κ1) is 22.8. The van der Waals surface area contributed by atoms with E-state index < -0.39 is 0 Å². The Morgan fingerprint density at radius 1 is 1.31 bits per heavy atom. The Bertz CT molecular complexity index is 765. The van der Waals surface area contributed by atoms with E-state index in [0.717, 1.165) is 20.7 Å². The van der Waals surface area contributed by atoms with E-state index in [1.54, 1.807) is 18.4 Å². The van der Waals surface area contributed by atoms with Crippen LogP contribution in [0.5, 0.6) is 0 Å². The summed E-state index contributed by atoms with van der Waals surface area (Å²) in [5.74, 6) is 0.610. The number of hydrogen-bond donors (Lipinski definition) is 3. The molecule has 0 aliphatic rings. The molecule has 0 atom stereocenters. The van der Waals surface area contributed by atoms with Crippen LogP contribution in [0.3, 0.4) is 0 Å². The average molecular weight is 552 g/mol. The molecule has 0 spiro atoms. The standard InChI is InChI=1S/C17H22BrN5OS.HI/c1-11-4-5-13(18)8-14(11)23-15(24)6-7-20-17(19-3)22-10-16-21-9-12(2)25-16;/h4-5,8-9H,6-7,10H2,1-3H3,(H,23,24)(H2,19,20,22);1H. The van der Waals surface area contributed by atoms with Crippen molar-refractivity contribution in [2.75, 3.05) is 18.9 Å². The minimum Gasteiger partial charge on any atom is -0.356 e. The summed E-state index contributed by atoms with van der Waals surface area (Å²) in [6.45, 7) is 5.10. The normalized spacial score (nSPS) is 10.8. The maximum absolute atomic E-state index is 12.1. The summed E-state index contributed by atoms with van der Waals surface area (Å²) < 4.78 is 0.938. The zero-order chi connectivity index (χ0) is 18.2. The number of amides is 1. The highest BCUT2D eigenvalue weighted by Crippen LogP contribution is 2.20. The van der Waals surface area contributed by atoms with Gasteiger partial charge in [0.05, 0.1) is 6.54 Å². The van der Waals surface area contributed by atoms with Crippen LogP contribution < -0.4 is 16.0 Å². The lowest BCUT2D eigenvalue weighted by atomic mass is 10.2. The number of aromatic nitrogens is 1. The molecule has 3 N–H and O–H groups in total. The van der Waals surface area contributed by atoms with Crippen molar-refractivity contribution in [3.8, 4) is 0 Å². The van der Waals surface area contributed by atoms with Crippen LogP contribution in [0.15, 0.2) is 33.9 Å². The van der Waals surface area contributed by atoms with E-state index in [9.17, 15) is 4.79 Å². The topological polar surface area (TPSA) is 78.4 Å². The number of aryl methyl sites for hydroxylation is 2. The van der Waals surface area contributed by atoms with Crippen LogP contribution in [-0.2, 0) is 11.3 Å². The Morgan fingerprint density at radius 2 is 2.08 bits per heavy atom. The number of rotatable bonds is 6. The molecule has 9 heteroatoms. The fourth-order valence-corrected chi connectivity index (χ4v) is 3.19. The lowest BCUT2D eigenvalue weighted by molar-refractivity contribution is -0.116. The highest BCUT2D eigenvalue weighted by atomic mass is 127. The Balaban J connectivity index is 0.00000338. The van der Waals surface area contributed by atoms with E-state index in [4.69, 9.17) is 0 Å². The monoisotopic (exact) mass is 551 g/mol. The van der Waals surface area contributed by atoms with Crippen LogP contribution in [0, 0.1) is 13.8 Å². The predicted octanol–water partition coefficient (Wildman–Crippen LogP) is 3.83. The number of guanidine groups is 1. The number of nitrogens with zero attached hydrogens (tertiary/aromatic N) is 2. The van der Waals surface area contributed by atoms with Crippen molar-refractivity contribution in [1.82, 2.24) is 15.6 Å². The van der Waals surface area contributed by atoms with Crippen LogP contribution in [0.2, 0.25) is 0 Å². The van der Waals surface area contributed by atoms with Gasteiger partial charge in [0.2, 0.25) is 5.91 Å². The Kier molecular flexibility index (Phi) is 10.1. The van der Waals surface area contributed by atoms with E-state index in [-0.39, 0.29) is 29.9 Å². The second-order valence-electron chi connectivity index (χ2n) is 5.47. The van der Waals surface area contributed by atoms with Gasteiger partial charge in [-0.3, -0.25) is 9.79 Å². The third-order valence-corrected chi connectivity index (χ3v) is 4.82. The average Bonchev–Trinajstić information content (AvgIpc) is 2.99. The maximum atomic E-state index is 12.1. The number of carbonyl (C=O) groups is 1. The molecule has 2 rings (SSSR count). The molecule has 0 unspecified atom stereocenters. The molecule has 1 heterocycles. The summed E-state index contributed by atoms with van der Waals surface area (Å²) in [7, 11) is 1.70. The van der Waals surface area contributed by atoms with Gasteiger partial charge in [-0.25, -0.2) is 4.98 Å². The third-order valence-electron chi connectivity index (χ3n) is 3.42. The van der Waals surface area contributed by atoms with Crippen molar-refractivity contribution in [2.24, 2.45) is 4.99 Å². The second kappa shape index (κ2) is 11.5. The van der Waals surface area contributed by atoms with Crippen LogP contribution >= 0.6 is 51.2 Å². The minimum absolute atomic E-state index is 0. The molecule has 0 bridgehead atoms. The number of aliphatic imine (C=N–C) groups is 1. The predicted molar refractivity (Wildman–Crippen MR) is 123 cm³/mol. The minimum atomic E-state index is -0.0419. The number of carbonyl (C=O) groups excluding carboxylic acids is 1. The highest BCUT2D eigenvalue weighted by Gasteiger charge is 2.06. The van der Waals surface area contributed by atoms with Gasteiger partial charge in [0.15, 0.2) is 5.96 Å². The molecular formula is C17H23BrIN5OS. The molecule has 0 fully saturated rings. The molecular weight excluding hydrogens is 529 g/mol. The van der Waals surface area contributed by atoms with Gasteiger partial charge in [0, 0.05) is 41.2 Å². The molecule has 0 saturated heterocycles. The molecule has 1 amide bonds. The van der Waals surface area contributed by atoms with Crippen LogP contribution in [0.25, 0.3) is 0 Å². The lowest BCUT2D eigenvalue weighted by Crippen LogP contribution is -2.38. The van der Waals surface area contributed by atoms with Crippen molar-refractivity contribution in [3.63, 3.8) is 0 Å². The van der Waals surface area contributed by atoms with Gasteiger partial charge < -0.3 is 16.0 Å². The van der Waals surface area contributed by atoms with Crippen LogP contribution in [0.1, 0.15) is 21.9 Å². The first-order valence-electron chi connectivity index (χ1n) is 7.89. The van der Waals surface area contributed by atoms with Crippen molar-refractivity contribution >= 4 is 68.8 Å². The van der Waals surface area contributed by atoms with E-state index in [2.05, 4.69) is 41.9 Å². The summed E-state index contributed by atoms with van der Waals surface area (Å²) in [5.41, 5.74) is 1.85. The van der Waals surface area contributed by atoms with E-state index in [1.165, 1.54) is 4.88 Å². The van der Waals surface area contributed by atoms with Gasteiger partial charge in [-0.1, -0.05) is 22.0 Å². The van der Waals surface area contributed by atoms with Crippen molar-refractivity contribution < 1.29 is 4.79 Å². The molecule has 142 valence electrons. The zero-order valence-electron chi connectivity index (χ0n) is 14.9. The molecule has 0 aliphatic heterocycles. The highest BCUT2D eigenvalue weighted by molar-refractivity contribution is 14.0. The number of benzene rings is 1. The quantitative estimate of drug-likeness (QED) is 0.289. The van der Waals surface area contributed by atoms with Gasteiger partial charge in [-0.05, 0) is 31.5 Å². The molecule has 0 radical (unpaired) electrons. The summed E-state index contributed by atoms with van der Waals surface area (Å²) in [4.78, 5) is 21.7. The molecule has 1 aromatic carbocycles. The van der Waals surface area contributed by atoms with Gasteiger partial charge >= 0.3 is 0 Å². The number of nitrogens with one attached hydrogen (secondary N) is 3. The first-order chi connectivity index (χ1) is 12.0. The Morgan fingerprint density at radius 3 is 2.73 bits per heavy atom. The number of anilines is 1. The third kappa shape index (κ3) is 7.58. The number of thiazole rings is 1. The maximum Gasteiger partial charge on any atom is 0.226 e. The molecule has 1 aromatic heterocycles. The smallest absolute Gasteiger partial charge is 0.226 e. The van der Waals surface area contributed by atoms with Gasteiger partial charge in [0.1, 0.15) is 5.01 Å². The van der Waals surface area contributed by atoms with Crippen molar-refractivity contribution in [2.45, 2.75) is 26.8 Å². The number of hydrogen-bond acceptors (Lipinski definition) is 4. The summed E-state index contributed by atoms with van der Waals surface area (Å²) in [5, 5.41) is 10.3. The molecule has 6 nitrogen and oxygen atoms in total. The van der Waals surface area contributed by atoms with Gasteiger partial charge in [-0.15, -0.1) is 35.3 Å². The summed E-state index contributed by atoms with van der Waals surface area (Å²) >= 11 is 5.06. The first-order valence-corrected chi connectivity index (χ1v) is 9.50. The van der Waals surface area contributed by atoms with E-state index in [1.807, 2.05) is 38.2 Å². The van der Waals surface area contributed by atoms with Crippen LogP contribution in [-0.4, -0.2) is 30.4 Å². The van der Waals surface area contributed by atoms with E-state index >= 15 is 0 Å². The Hall–Kier alpha value is -1.20. The Labute approximate surface area is 183 Å².